The van der Waals surface area contributed by atoms with Gasteiger partial charge in [0.2, 0.25) is 0 Å². The van der Waals surface area contributed by atoms with Crippen molar-refractivity contribution < 1.29 is 28.5 Å². The number of hydrogen-bond donors (Lipinski definition) is 1. The van der Waals surface area contributed by atoms with E-state index in [4.69, 9.17) is 30.5 Å². The van der Waals surface area contributed by atoms with Gasteiger partial charge >= 0.3 is 12.1 Å². The van der Waals surface area contributed by atoms with Crippen LogP contribution < -0.4 is 14.8 Å². The highest BCUT2D eigenvalue weighted by Crippen LogP contribution is 2.27. The Morgan fingerprint density at radius 3 is 1.66 bits per heavy atom. The Labute approximate surface area is 209 Å². The number of benzene rings is 3. The van der Waals surface area contributed by atoms with Crippen LogP contribution in [0.25, 0.3) is 0 Å². The zero-order chi connectivity index (χ0) is 25.4. The van der Waals surface area contributed by atoms with Gasteiger partial charge in [0, 0.05) is 11.4 Å². The van der Waals surface area contributed by atoms with Crippen molar-refractivity contribution >= 4 is 23.7 Å². The van der Waals surface area contributed by atoms with Gasteiger partial charge in [-0.15, -0.1) is 0 Å². The summed E-state index contributed by atoms with van der Waals surface area (Å²) in [6.07, 6.45) is -0.445. The zero-order valence-corrected chi connectivity index (χ0v) is 20.8. The first-order valence-corrected chi connectivity index (χ1v) is 11.4. The molecule has 0 aliphatic carbocycles. The molecule has 3 aromatic carbocycles. The van der Waals surface area contributed by atoms with Crippen molar-refractivity contribution in [2.24, 2.45) is 0 Å². The molecule has 0 saturated heterocycles. The van der Waals surface area contributed by atoms with Crippen molar-refractivity contribution in [2.45, 2.75) is 38.8 Å². The first-order chi connectivity index (χ1) is 16.6. The summed E-state index contributed by atoms with van der Waals surface area (Å²) in [6, 6.07) is 20.7. The molecule has 0 radical (unpaired) electrons. The number of nitrogens with one attached hydrogen (secondary N) is 1. The van der Waals surface area contributed by atoms with Gasteiger partial charge in [-0.2, -0.15) is 0 Å². The molecule has 35 heavy (non-hydrogen) atoms. The number of methoxy groups -OCH3 is 1. The lowest BCUT2D eigenvalue weighted by Gasteiger charge is -2.22. The summed E-state index contributed by atoms with van der Waals surface area (Å²) in [6.45, 7) is 5.25. The second kappa shape index (κ2) is 11.6. The van der Waals surface area contributed by atoms with Crippen LogP contribution >= 0.6 is 11.6 Å². The highest BCUT2D eigenvalue weighted by atomic mass is 35.5. The lowest BCUT2D eigenvalue weighted by atomic mass is 10.1. The first-order valence-electron chi connectivity index (χ1n) is 11.0. The van der Waals surface area contributed by atoms with E-state index < -0.39 is 23.7 Å². The summed E-state index contributed by atoms with van der Waals surface area (Å²) in [5.74, 6) is 2.05. The molecule has 0 unspecified atom stereocenters. The van der Waals surface area contributed by atoms with E-state index in [1.165, 1.54) is 7.11 Å². The maximum absolute atomic E-state index is 12.2. The number of rotatable bonds is 8. The number of alkyl carbamates (subject to hydrolysis) is 1. The summed E-state index contributed by atoms with van der Waals surface area (Å²) < 4.78 is 21.7. The molecule has 0 aliphatic rings. The SMILES string of the molecule is COC(=O)[C@H](Cc1ccc(Oc2ccc(Oc3ccc(Cl)cc3)cc2)cc1)NC(=O)OC(C)(C)C. The van der Waals surface area contributed by atoms with E-state index in [1.807, 2.05) is 24.3 Å². The lowest BCUT2D eigenvalue weighted by Crippen LogP contribution is -2.45. The average molecular weight is 498 g/mol. The van der Waals surface area contributed by atoms with Gasteiger partial charge in [0.1, 0.15) is 34.6 Å². The number of amides is 1. The molecular weight excluding hydrogens is 470 g/mol. The van der Waals surface area contributed by atoms with Crippen LogP contribution in [0.1, 0.15) is 26.3 Å². The minimum absolute atomic E-state index is 0.239. The van der Waals surface area contributed by atoms with Crippen molar-refractivity contribution in [1.29, 1.82) is 0 Å². The molecule has 0 saturated carbocycles. The molecule has 1 N–H and O–H groups in total. The Hall–Kier alpha value is -3.71. The lowest BCUT2D eigenvalue weighted by molar-refractivity contribution is -0.143. The van der Waals surface area contributed by atoms with E-state index in [2.05, 4.69) is 5.32 Å². The fourth-order valence-corrected chi connectivity index (χ4v) is 3.19. The Kier molecular flexibility index (Phi) is 8.60. The monoisotopic (exact) mass is 497 g/mol. The molecule has 0 aliphatic heterocycles. The van der Waals surface area contributed by atoms with Gasteiger partial charge in [-0.3, -0.25) is 0 Å². The van der Waals surface area contributed by atoms with Crippen LogP contribution in [0.3, 0.4) is 0 Å². The molecular formula is C27H28ClNO6. The number of ether oxygens (including phenoxy) is 4. The molecule has 0 aromatic heterocycles. The van der Waals surface area contributed by atoms with Crippen LogP contribution in [0, 0.1) is 0 Å². The molecule has 0 heterocycles. The molecule has 7 nitrogen and oxygen atoms in total. The van der Waals surface area contributed by atoms with E-state index in [9.17, 15) is 9.59 Å². The van der Waals surface area contributed by atoms with Crippen LogP contribution in [-0.2, 0) is 20.7 Å². The van der Waals surface area contributed by atoms with Crippen molar-refractivity contribution in [3.05, 3.63) is 83.4 Å². The topological polar surface area (TPSA) is 83.1 Å². The van der Waals surface area contributed by atoms with Crippen molar-refractivity contribution in [2.75, 3.05) is 7.11 Å². The minimum Gasteiger partial charge on any atom is -0.467 e. The summed E-state index contributed by atoms with van der Waals surface area (Å²) in [5.41, 5.74) is 0.139. The number of carbonyl (C=O) groups excluding carboxylic acids is 2. The van der Waals surface area contributed by atoms with Crippen LogP contribution in [0.2, 0.25) is 5.02 Å². The fraction of sp³-hybridized carbons (Fsp3) is 0.259. The van der Waals surface area contributed by atoms with Crippen LogP contribution in [0.4, 0.5) is 4.79 Å². The molecule has 0 spiro atoms. The second-order valence-electron chi connectivity index (χ2n) is 8.70. The van der Waals surface area contributed by atoms with E-state index in [1.54, 1.807) is 69.3 Å². The average Bonchev–Trinajstić information content (AvgIpc) is 2.81. The first kappa shape index (κ1) is 25.9. The zero-order valence-electron chi connectivity index (χ0n) is 20.0. The van der Waals surface area contributed by atoms with Crippen molar-refractivity contribution in [3.8, 4) is 23.0 Å². The predicted molar refractivity (Wildman–Crippen MR) is 133 cm³/mol. The van der Waals surface area contributed by atoms with Crippen LogP contribution in [0.5, 0.6) is 23.0 Å². The summed E-state index contributed by atoms with van der Waals surface area (Å²) >= 11 is 5.89. The highest BCUT2D eigenvalue weighted by molar-refractivity contribution is 6.30. The summed E-state index contributed by atoms with van der Waals surface area (Å²) in [5, 5.41) is 3.21. The van der Waals surface area contributed by atoms with E-state index in [-0.39, 0.29) is 6.42 Å². The number of hydrogen-bond acceptors (Lipinski definition) is 6. The number of halogens is 1. The standard InChI is InChI=1S/C27H28ClNO6/c1-27(2,3)35-26(31)29-24(25(30)32-4)17-18-5-9-20(10-6-18)33-22-13-15-23(16-14-22)34-21-11-7-19(28)8-12-21/h5-16,24H,17H2,1-4H3,(H,29,31)/t24-/m0/s1. The predicted octanol–water partition coefficient (Wildman–Crippen LogP) is 6.53. The third-order valence-electron chi connectivity index (χ3n) is 4.65. The largest absolute Gasteiger partial charge is 0.467 e. The fourth-order valence-electron chi connectivity index (χ4n) is 3.07. The molecule has 1 atom stereocenters. The number of carbonyl (C=O) groups is 2. The van der Waals surface area contributed by atoms with E-state index >= 15 is 0 Å². The van der Waals surface area contributed by atoms with Gasteiger partial charge in [0.15, 0.2) is 0 Å². The van der Waals surface area contributed by atoms with Gasteiger partial charge in [-0.25, -0.2) is 9.59 Å². The van der Waals surface area contributed by atoms with Gasteiger partial charge in [0.25, 0.3) is 0 Å². The van der Waals surface area contributed by atoms with Gasteiger partial charge < -0.3 is 24.3 Å². The van der Waals surface area contributed by atoms with E-state index in [0.717, 1.165) is 5.56 Å². The molecule has 8 heteroatoms. The smallest absolute Gasteiger partial charge is 0.408 e. The highest BCUT2D eigenvalue weighted by Gasteiger charge is 2.25. The third kappa shape index (κ3) is 8.54. The molecule has 184 valence electrons. The number of esters is 1. The molecule has 0 fully saturated rings. The van der Waals surface area contributed by atoms with Gasteiger partial charge in [-0.1, -0.05) is 23.7 Å². The maximum atomic E-state index is 12.2. The maximum Gasteiger partial charge on any atom is 0.408 e. The Morgan fingerprint density at radius 1 is 0.800 bits per heavy atom. The van der Waals surface area contributed by atoms with Gasteiger partial charge in [-0.05, 0) is 87.0 Å². The van der Waals surface area contributed by atoms with Crippen LogP contribution in [0.15, 0.2) is 72.8 Å². The Bertz CT molecular complexity index is 1120. The second-order valence-corrected chi connectivity index (χ2v) is 9.14. The summed E-state index contributed by atoms with van der Waals surface area (Å²) in [4.78, 5) is 24.3. The van der Waals surface area contributed by atoms with E-state index in [0.29, 0.717) is 28.0 Å². The van der Waals surface area contributed by atoms with Crippen molar-refractivity contribution in [3.63, 3.8) is 0 Å². The molecule has 3 rings (SSSR count). The quantitative estimate of drug-likeness (QED) is 0.356. The normalized spacial score (nSPS) is 11.8. The molecule has 0 bridgehead atoms. The van der Waals surface area contributed by atoms with Crippen LogP contribution in [-0.4, -0.2) is 30.8 Å². The summed E-state index contributed by atoms with van der Waals surface area (Å²) in [7, 11) is 1.27. The van der Waals surface area contributed by atoms with Crippen molar-refractivity contribution in [1.82, 2.24) is 5.32 Å². The Balaban J connectivity index is 1.58. The molecule has 1 amide bonds. The third-order valence-corrected chi connectivity index (χ3v) is 4.90. The molecule has 3 aromatic rings. The van der Waals surface area contributed by atoms with Gasteiger partial charge in [0.05, 0.1) is 7.11 Å². The minimum atomic E-state index is -0.880. The Morgan fingerprint density at radius 2 is 1.23 bits per heavy atom.